The lowest BCUT2D eigenvalue weighted by molar-refractivity contribution is -0.127. The van der Waals surface area contributed by atoms with Gasteiger partial charge in [0.25, 0.3) is 0 Å². The van der Waals surface area contributed by atoms with Crippen molar-refractivity contribution in [3.63, 3.8) is 0 Å². The van der Waals surface area contributed by atoms with Gasteiger partial charge < -0.3 is 9.64 Å². The quantitative estimate of drug-likeness (QED) is 0.560. The van der Waals surface area contributed by atoms with E-state index in [-0.39, 0.29) is 5.91 Å². The molecule has 0 aliphatic carbocycles. The Morgan fingerprint density at radius 1 is 1.19 bits per heavy atom. The van der Waals surface area contributed by atoms with Crippen LogP contribution in [0.25, 0.3) is 11.3 Å². The molecule has 1 aromatic heterocycles. The molecule has 0 atom stereocenters. The zero-order valence-electron chi connectivity index (χ0n) is 14.7. The van der Waals surface area contributed by atoms with Crippen LogP contribution in [-0.4, -0.2) is 35.7 Å². The molecule has 0 aliphatic rings. The van der Waals surface area contributed by atoms with Crippen molar-refractivity contribution in [1.82, 2.24) is 9.88 Å². The van der Waals surface area contributed by atoms with Crippen LogP contribution in [0, 0.1) is 0 Å². The predicted molar refractivity (Wildman–Crippen MR) is 108 cm³/mol. The summed E-state index contributed by atoms with van der Waals surface area (Å²) in [4.78, 5) is 18.7. The Morgan fingerprint density at radius 2 is 2.00 bits per heavy atom. The fourth-order valence-corrected chi connectivity index (χ4v) is 4.21. The SMILES string of the molecule is COc1cccc(CN(C)C(=O)CSc2nc(-c3ccccc3)cs2)c1. The molecule has 4 nitrogen and oxygen atoms in total. The normalized spacial score (nSPS) is 10.5. The monoisotopic (exact) mass is 384 g/mol. The molecule has 0 bridgehead atoms. The van der Waals surface area contributed by atoms with Crippen molar-refractivity contribution in [2.24, 2.45) is 0 Å². The summed E-state index contributed by atoms with van der Waals surface area (Å²) in [7, 11) is 3.46. The number of thioether (sulfide) groups is 1. The molecule has 1 amide bonds. The maximum atomic E-state index is 12.4. The summed E-state index contributed by atoms with van der Waals surface area (Å²) in [5, 5.41) is 2.03. The maximum Gasteiger partial charge on any atom is 0.233 e. The fraction of sp³-hybridized carbons (Fsp3) is 0.200. The molecule has 2 aromatic carbocycles. The predicted octanol–water partition coefficient (Wildman–Crippen LogP) is 4.57. The first kappa shape index (κ1) is 18.5. The summed E-state index contributed by atoms with van der Waals surface area (Å²) >= 11 is 3.05. The highest BCUT2D eigenvalue weighted by Gasteiger charge is 2.12. The van der Waals surface area contributed by atoms with Gasteiger partial charge in [-0.1, -0.05) is 54.2 Å². The summed E-state index contributed by atoms with van der Waals surface area (Å²) < 4.78 is 6.14. The Balaban J connectivity index is 1.54. The highest BCUT2D eigenvalue weighted by Crippen LogP contribution is 2.28. The van der Waals surface area contributed by atoms with E-state index in [1.807, 2.05) is 67.0 Å². The first-order chi connectivity index (χ1) is 12.7. The maximum absolute atomic E-state index is 12.4. The van der Waals surface area contributed by atoms with Gasteiger partial charge in [0.15, 0.2) is 4.34 Å². The number of nitrogens with zero attached hydrogens (tertiary/aromatic N) is 2. The van der Waals surface area contributed by atoms with E-state index in [0.29, 0.717) is 12.3 Å². The number of ether oxygens (including phenoxy) is 1. The van der Waals surface area contributed by atoms with Gasteiger partial charge in [-0.25, -0.2) is 4.98 Å². The number of benzene rings is 2. The Morgan fingerprint density at radius 3 is 2.77 bits per heavy atom. The molecule has 0 saturated carbocycles. The largest absolute Gasteiger partial charge is 0.497 e. The van der Waals surface area contributed by atoms with Gasteiger partial charge in [-0.05, 0) is 17.7 Å². The van der Waals surface area contributed by atoms with E-state index in [1.54, 1.807) is 23.3 Å². The Bertz CT molecular complexity index is 865. The molecule has 0 spiro atoms. The standard InChI is InChI=1S/C20H20N2O2S2/c1-22(12-15-7-6-10-17(11-15)24-2)19(23)14-26-20-21-18(13-25-20)16-8-4-3-5-9-16/h3-11,13H,12,14H2,1-2H3. The van der Waals surface area contributed by atoms with Crippen molar-refractivity contribution in [1.29, 1.82) is 0 Å². The minimum Gasteiger partial charge on any atom is -0.497 e. The topological polar surface area (TPSA) is 42.4 Å². The van der Waals surface area contributed by atoms with Crippen molar-refractivity contribution in [2.75, 3.05) is 19.9 Å². The number of hydrogen-bond acceptors (Lipinski definition) is 5. The Hall–Kier alpha value is -2.31. The molecule has 134 valence electrons. The summed E-state index contributed by atoms with van der Waals surface area (Å²) in [6, 6.07) is 17.8. The molecule has 3 rings (SSSR count). The third-order valence-electron chi connectivity index (χ3n) is 3.85. The van der Waals surface area contributed by atoms with Gasteiger partial charge in [0.05, 0.1) is 18.6 Å². The summed E-state index contributed by atoms with van der Waals surface area (Å²) in [5.41, 5.74) is 3.10. The van der Waals surface area contributed by atoms with Gasteiger partial charge in [-0.15, -0.1) is 11.3 Å². The van der Waals surface area contributed by atoms with E-state index < -0.39 is 0 Å². The molecule has 0 N–H and O–H groups in total. The second-order valence-corrected chi connectivity index (χ2v) is 7.84. The van der Waals surface area contributed by atoms with E-state index >= 15 is 0 Å². The molecule has 0 fully saturated rings. The van der Waals surface area contributed by atoms with Crippen LogP contribution in [0.2, 0.25) is 0 Å². The number of aromatic nitrogens is 1. The van der Waals surface area contributed by atoms with Crippen LogP contribution in [0.4, 0.5) is 0 Å². The zero-order chi connectivity index (χ0) is 18.4. The number of carbonyl (C=O) groups is 1. The van der Waals surface area contributed by atoms with Crippen LogP contribution in [0.15, 0.2) is 64.3 Å². The summed E-state index contributed by atoms with van der Waals surface area (Å²) in [5.74, 6) is 1.26. The molecule has 3 aromatic rings. The lowest BCUT2D eigenvalue weighted by Gasteiger charge is -2.17. The van der Waals surface area contributed by atoms with Crippen molar-refractivity contribution in [3.05, 3.63) is 65.5 Å². The first-order valence-electron chi connectivity index (χ1n) is 8.16. The highest BCUT2D eigenvalue weighted by molar-refractivity contribution is 8.01. The van der Waals surface area contributed by atoms with Crippen molar-refractivity contribution < 1.29 is 9.53 Å². The minimum absolute atomic E-state index is 0.0780. The average Bonchev–Trinajstić information content (AvgIpc) is 3.16. The molecular formula is C20H20N2O2S2. The number of methoxy groups -OCH3 is 1. The van der Waals surface area contributed by atoms with E-state index in [2.05, 4.69) is 4.98 Å². The number of rotatable bonds is 7. The number of amides is 1. The van der Waals surface area contributed by atoms with Crippen LogP contribution >= 0.6 is 23.1 Å². The molecule has 26 heavy (non-hydrogen) atoms. The Labute approximate surface area is 161 Å². The van der Waals surface area contributed by atoms with Gasteiger partial charge in [0.1, 0.15) is 5.75 Å². The van der Waals surface area contributed by atoms with Gasteiger partial charge >= 0.3 is 0 Å². The highest BCUT2D eigenvalue weighted by atomic mass is 32.2. The number of carbonyl (C=O) groups excluding carboxylic acids is 1. The van der Waals surface area contributed by atoms with Crippen molar-refractivity contribution >= 4 is 29.0 Å². The lowest BCUT2D eigenvalue weighted by atomic mass is 10.2. The van der Waals surface area contributed by atoms with Gasteiger partial charge in [-0.2, -0.15) is 0 Å². The van der Waals surface area contributed by atoms with Crippen LogP contribution < -0.4 is 4.74 Å². The number of thiazole rings is 1. The first-order valence-corrected chi connectivity index (χ1v) is 10.0. The Kier molecular flexibility index (Phi) is 6.30. The van der Waals surface area contributed by atoms with Crippen molar-refractivity contribution in [3.8, 4) is 17.0 Å². The summed E-state index contributed by atoms with van der Waals surface area (Å²) in [6.07, 6.45) is 0. The molecule has 0 saturated heterocycles. The molecule has 0 unspecified atom stereocenters. The van der Waals surface area contributed by atoms with E-state index in [1.165, 1.54) is 11.8 Å². The van der Waals surface area contributed by atoms with Crippen LogP contribution in [0.1, 0.15) is 5.56 Å². The fourth-order valence-electron chi connectivity index (χ4n) is 2.43. The third kappa shape index (κ3) is 4.86. The van der Waals surface area contributed by atoms with Gasteiger partial charge in [-0.3, -0.25) is 4.79 Å². The zero-order valence-corrected chi connectivity index (χ0v) is 16.3. The van der Waals surface area contributed by atoms with E-state index in [4.69, 9.17) is 4.74 Å². The molecule has 1 heterocycles. The molecule has 6 heteroatoms. The number of hydrogen-bond donors (Lipinski definition) is 0. The second-order valence-electron chi connectivity index (χ2n) is 5.75. The average molecular weight is 385 g/mol. The molecule has 0 aliphatic heterocycles. The van der Waals surface area contributed by atoms with Gasteiger partial charge in [0, 0.05) is 24.5 Å². The van der Waals surface area contributed by atoms with Crippen LogP contribution in [0.3, 0.4) is 0 Å². The summed E-state index contributed by atoms with van der Waals surface area (Å²) in [6.45, 7) is 0.559. The van der Waals surface area contributed by atoms with E-state index in [9.17, 15) is 4.79 Å². The molecular weight excluding hydrogens is 364 g/mol. The van der Waals surface area contributed by atoms with Crippen LogP contribution in [-0.2, 0) is 11.3 Å². The van der Waals surface area contributed by atoms with Crippen LogP contribution in [0.5, 0.6) is 5.75 Å². The minimum atomic E-state index is 0.0780. The van der Waals surface area contributed by atoms with Crippen molar-refractivity contribution in [2.45, 2.75) is 10.9 Å². The second kappa shape index (κ2) is 8.87. The smallest absolute Gasteiger partial charge is 0.233 e. The van der Waals surface area contributed by atoms with E-state index in [0.717, 1.165) is 26.9 Å². The lowest BCUT2D eigenvalue weighted by Crippen LogP contribution is -2.27. The van der Waals surface area contributed by atoms with Gasteiger partial charge in [0.2, 0.25) is 5.91 Å². The molecule has 0 radical (unpaired) electrons. The third-order valence-corrected chi connectivity index (χ3v) is 5.86.